The third-order valence-electron chi connectivity index (χ3n) is 2.13. The van der Waals surface area contributed by atoms with Gasteiger partial charge >= 0.3 is 0 Å². The van der Waals surface area contributed by atoms with E-state index in [1.54, 1.807) is 6.20 Å². The van der Waals surface area contributed by atoms with Gasteiger partial charge in [-0.15, -0.1) is 0 Å². The predicted octanol–water partition coefficient (Wildman–Crippen LogP) is 2.93. The van der Waals surface area contributed by atoms with Crippen LogP contribution in [0.3, 0.4) is 0 Å². The second kappa shape index (κ2) is 2.33. The summed E-state index contributed by atoms with van der Waals surface area (Å²) in [7, 11) is 0. The molecule has 0 spiro atoms. The number of para-hydroxylation sites is 1. The molecule has 0 atom stereocenters. The first kappa shape index (κ1) is 6.66. The Morgan fingerprint density at radius 3 is 3.00 bits per heavy atom. The summed E-state index contributed by atoms with van der Waals surface area (Å²) in [6.45, 7) is 0. The molecular weight excluding hydrogens is 162 g/mol. The maximum Gasteiger partial charge on any atom is 0.226 e. The lowest BCUT2D eigenvalue weighted by molar-refractivity contribution is 0.603. The summed E-state index contributed by atoms with van der Waals surface area (Å²) in [4.78, 5) is 4.10. The molecule has 0 saturated carbocycles. The Balaban J connectivity index is 2.52. The molecule has 0 bridgehead atoms. The first-order valence-corrected chi connectivity index (χ1v) is 4.17. The minimum Gasteiger partial charge on any atom is -0.438 e. The van der Waals surface area contributed by atoms with Gasteiger partial charge in [0.05, 0.1) is 0 Å². The number of hydrogen-bond acceptors (Lipinski definition) is 2. The van der Waals surface area contributed by atoms with Gasteiger partial charge in [-0.3, -0.25) is 0 Å². The van der Waals surface area contributed by atoms with Gasteiger partial charge < -0.3 is 4.42 Å². The molecule has 2 nitrogen and oxygen atoms in total. The van der Waals surface area contributed by atoms with E-state index in [0.717, 1.165) is 16.5 Å². The standard InChI is InChI=1S/C11H7NO/c1-2-4-10-8(3-1)7-9-5-6-12-11(9)13-10/h1-7H. The van der Waals surface area contributed by atoms with Gasteiger partial charge in [0.2, 0.25) is 5.89 Å². The zero-order valence-electron chi connectivity index (χ0n) is 6.90. The average Bonchev–Trinajstić information content (AvgIpc) is 2.61. The van der Waals surface area contributed by atoms with Gasteiger partial charge in [-0.2, -0.15) is 0 Å². The van der Waals surface area contributed by atoms with E-state index in [4.69, 9.17) is 4.42 Å². The predicted molar refractivity (Wildman–Crippen MR) is 50.6 cm³/mol. The molecule has 0 N–H and O–H groups in total. The zero-order valence-corrected chi connectivity index (χ0v) is 6.90. The summed E-state index contributed by atoms with van der Waals surface area (Å²) in [6.07, 6.45) is 1.76. The van der Waals surface area contributed by atoms with Crippen LogP contribution in [-0.2, 0) is 0 Å². The van der Waals surface area contributed by atoms with Crippen molar-refractivity contribution in [2.75, 3.05) is 0 Å². The molecule has 0 aromatic heterocycles. The Morgan fingerprint density at radius 2 is 2.00 bits per heavy atom. The van der Waals surface area contributed by atoms with Crippen LogP contribution in [0.15, 0.2) is 47.0 Å². The van der Waals surface area contributed by atoms with Crippen molar-refractivity contribution >= 4 is 11.0 Å². The van der Waals surface area contributed by atoms with Crippen LogP contribution < -0.4 is 0 Å². The molecule has 2 heterocycles. The fourth-order valence-corrected chi connectivity index (χ4v) is 1.49. The molecule has 2 heteroatoms. The summed E-state index contributed by atoms with van der Waals surface area (Å²) in [5.74, 6) is 0.707. The SMILES string of the molecule is c1ccc2oc3nccc-3cc2c1. The lowest BCUT2D eigenvalue weighted by Gasteiger charge is -1.99. The van der Waals surface area contributed by atoms with Crippen molar-refractivity contribution in [2.45, 2.75) is 0 Å². The molecule has 13 heavy (non-hydrogen) atoms. The highest BCUT2D eigenvalue weighted by Gasteiger charge is 2.06. The van der Waals surface area contributed by atoms with E-state index in [1.807, 2.05) is 30.3 Å². The summed E-state index contributed by atoms with van der Waals surface area (Å²) in [6, 6.07) is 12.0. The van der Waals surface area contributed by atoms with Crippen molar-refractivity contribution in [3.63, 3.8) is 0 Å². The highest BCUT2D eigenvalue weighted by molar-refractivity contribution is 5.81. The second-order valence-electron chi connectivity index (χ2n) is 2.99. The van der Waals surface area contributed by atoms with Crippen molar-refractivity contribution in [2.24, 2.45) is 0 Å². The summed E-state index contributed by atoms with van der Waals surface area (Å²) in [5, 5.41) is 1.11. The molecule has 1 aromatic rings. The number of benzene rings is 1. The lowest BCUT2D eigenvalue weighted by atomic mass is 10.2. The molecule has 0 aliphatic carbocycles. The third-order valence-corrected chi connectivity index (χ3v) is 2.13. The van der Waals surface area contributed by atoms with E-state index in [0.29, 0.717) is 5.89 Å². The fourth-order valence-electron chi connectivity index (χ4n) is 1.49. The van der Waals surface area contributed by atoms with E-state index >= 15 is 0 Å². The van der Waals surface area contributed by atoms with Gasteiger partial charge in [0, 0.05) is 17.1 Å². The normalized spacial score (nSPS) is 11.1. The first-order chi connectivity index (χ1) is 6.43. The first-order valence-electron chi connectivity index (χ1n) is 4.17. The van der Waals surface area contributed by atoms with Crippen molar-refractivity contribution < 1.29 is 4.42 Å². The summed E-state index contributed by atoms with van der Waals surface area (Å²) >= 11 is 0. The summed E-state index contributed by atoms with van der Waals surface area (Å²) in [5.41, 5.74) is 1.94. The van der Waals surface area contributed by atoms with E-state index in [9.17, 15) is 0 Å². The smallest absolute Gasteiger partial charge is 0.226 e. The third kappa shape index (κ3) is 0.920. The van der Waals surface area contributed by atoms with E-state index in [2.05, 4.69) is 11.1 Å². The van der Waals surface area contributed by atoms with Gasteiger partial charge in [-0.25, -0.2) is 4.98 Å². The molecule has 0 fully saturated rings. The van der Waals surface area contributed by atoms with Crippen molar-refractivity contribution in [3.8, 4) is 11.5 Å². The van der Waals surface area contributed by atoms with Gasteiger partial charge in [0.25, 0.3) is 0 Å². The van der Waals surface area contributed by atoms with E-state index in [-0.39, 0.29) is 0 Å². The van der Waals surface area contributed by atoms with Crippen molar-refractivity contribution in [1.82, 2.24) is 4.98 Å². The molecule has 0 saturated heterocycles. The number of rotatable bonds is 0. The van der Waals surface area contributed by atoms with Crippen LogP contribution in [0.25, 0.3) is 22.4 Å². The number of hydrogen-bond donors (Lipinski definition) is 0. The topological polar surface area (TPSA) is 26.0 Å². The van der Waals surface area contributed by atoms with Gasteiger partial charge in [-0.1, -0.05) is 18.2 Å². The zero-order chi connectivity index (χ0) is 8.67. The second-order valence-corrected chi connectivity index (χ2v) is 2.99. The Morgan fingerprint density at radius 1 is 1.08 bits per heavy atom. The highest BCUT2D eigenvalue weighted by Crippen LogP contribution is 2.26. The maximum absolute atomic E-state index is 5.58. The van der Waals surface area contributed by atoms with Crippen LogP contribution in [0.2, 0.25) is 0 Å². The van der Waals surface area contributed by atoms with Crippen molar-refractivity contribution in [3.05, 3.63) is 42.6 Å². The van der Waals surface area contributed by atoms with Crippen LogP contribution in [0, 0.1) is 0 Å². The minimum atomic E-state index is 0.707. The molecule has 3 rings (SSSR count). The monoisotopic (exact) mass is 169 g/mol. The maximum atomic E-state index is 5.58. The number of aromatic nitrogens is 1. The summed E-state index contributed by atoms with van der Waals surface area (Å²) < 4.78 is 5.58. The molecule has 0 radical (unpaired) electrons. The fraction of sp³-hybridized carbons (Fsp3) is 0. The van der Waals surface area contributed by atoms with Gasteiger partial charge in [-0.05, 0) is 18.2 Å². The average molecular weight is 169 g/mol. The molecular formula is C11H7NO. The quantitative estimate of drug-likeness (QED) is 0.517. The molecule has 62 valence electrons. The largest absolute Gasteiger partial charge is 0.438 e. The molecule has 0 unspecified atom stereocenters. The number of nitrogens with zero attached hydrogens (tertiary/aromatic N) is 1. The van der Waals surface area contributed by atoms with Crippen LogP contribution in [0.1, 0.15) is 0 Å². The van der Waals surface area contributed by atoms with Gasteiger partial charge in [0.15, 0.2) is 0 Å². The van der Waals surface area contributed by atoms with Gasteiger partial charge in [0.1, 0.15) is 5.58 Å². The Hall–Kier alpha value is -1.83. The van der Waals surface area contributed by atoms with Crippen LogP contribution in [0.5, 0.6) is 0 Å². The number of fused-ring (bicyclic) bond motifs is 2. The molecule has 0 amide bonds. The molecule has 2 aliphatic heterocycles. The Kier molecular flexibility index (Phi) is 1.19. The van der Waals surface area contributed by atoms with Crippen LogP contribution >= 0.6 is 0 Å². The lowest BCUT2D eigenvalue weighted by Crippen LogP contribution is -1.77. The van der Waals surface area contributed by atoms with E-state index < -0.39 is 0 Å². The Labute approximate surface area is 75.2 Å². The van der Waals surface area contributed by atoms with E-state index in [1.165, 1.54) is 0 Å². The highest BCUT2D eigenvalue weighted by atomic mass is 16.3. The van der Waals surface area contributed by atoms with Crippen molar-refractivity contribution in [1.29, 1.82) is 0 Å². The Bertz CT molecular complexity index is 480. The van der Waals surface area contributed by atoms with Crippen LogP contribution in [0.4, 0.5) is 0 Å². The molecule has 1 aromatic carbocycles. The molecule has 2 aliphatic rings. The minimum absolute atomic E-state index is 0.707. The van der Waals surface area contributed by atoms with Crippen LogP contribution in [-0.4, -0.2) is 4.98 Å².